The number of carboxylic acid groups (broad SMARTS) is 1. The van der Waals surface area contributed by atoms with Gasteiger partial charge in [0.15, 0.2) is 56.6 Å². The van der Waals surface area contributed by atoms with Gasteiger partial charge in [0.25, 0.3) is 5.79 Å². The van der Waals surface area contributed by atoms with E-state index in [0.717, 1.165) is 27.7 Å². The first kappa shape index (κ1) is 104. The third-order valence-electron chi connectivity index (χ3n) is 23.3. The van der Waals surface area contributed by atoms with Gasteiger partial charge in [0, 0.05) is 34.1 Å². The van der Waals surface area contributed by atoms with Crippen LogP contribution in [0.15, 0.2) is 0 Å². The van der Waals surface area contributed by atoms with Crippen LogP contribution in [0.4, 0.5) is 0 Å². The summed E-state index contributed by atoms with van der Waals surface area (Å²) in [6.45, 7) is -1.36. The Kier molecular flexibility index (Phi) is 36.3. The Morgan fingerprint density at radius 3 is 0.929 bits per heavy atom. The van der Waals surface area contributed by atoms with Crippen LogP contribution in [-0.4, -0.2) is 526 Å². The summed E-state index contributed by atoms with van der Waals surface area (Å²) < 4.78 is 115. The number of rotatable bonds is 32. The van der Waals surface area contributed by atoms with Gasteiger partial charge in [-0.2, -0.15) is 0 Å². The lowest BCUT2D eigenvalue weighted by atomic mass is 9.88. The van der Waals surface area contributed by atoms with E-state index in [1.165, 1.54) is 20.8 Å². The predicted octanol–water partition coefficient (Wildman–Crippen LogP) is -19.9. The highest BCUT2D eigenvalue weighted by atomic mass is 16.8. The fraction of sp³-hybridized carbons (Fsp3) is 0.930. The van der Waals surface area contributed by atoms with Gasteiger partial charge < -0.3 is 249 Å². The molecule has 10 aliphatic heterocycles. The molecule has 728 valence electrons. The molecule has 10 heterocycles. The summed E-state index contributed by atoms with van der Waals surface area (Å²) in [6.07, 6.45) is -99.6. The van der Waals surface area contributed by atoms with Crippen LogP contribution in [0.3, 0.4) is 0 Å². The molecule has 51 atom stereocenters. The molecule has 55 heteroatoms. The molecule has 10 saturated heterocycles. The number of hydrogen-bond acceptors (Lipinski definition) is 50. The van der Waals surface area contributed by atoms with Crippen molar-refractivity contribution in [1.82, 2.24) is 21.3 Å². The average Bonchev–Trinajstić information content (AvgIpc) is 0.754. The van der Waals surface area contributed by atoms with Gasteiger partial charge in [-0.05, 0) is 20.8 Å². The lowest BCUT2D eigenvalue weighted by molar-refractivity contribution is -0.403. The first-order chi connectivity index (χ1) is 59.3. The number of aliphatic hydroxyl groups excluding tert-OH is 26. The fourth-order valence-corrected chi connectivity index (χ4v) is 16.6. The van der Waals surface area contributed by atoms with Gasteiger partial charge in [0.1, 0.15) is 220 Å². The maximum Gasteiger partial charge on any atom is 0.364 e. The number of ether oxygens (including phenoxy) is 19. The van der Waals surface area contributed by atoms with E-state index in [1.54, 1.807) is 0 Å². The minimum Gasteiger partial charge on any atom is -0.477 e. The van der Waals surface area contributed by atoms with Crippen LogP contribution in [0.5, 0.6) is 0 Å². The number of carboxylic acids is 1. The molecule has 0 aromatic carbocycles. The van der Waals surface area contributed by atoms with Crippen LogP contribution in [0.2, 0.25) is 0 Å². The molecule has 126 heavy (non-hydrogen) atoms. The maximum atomic E-state index is 13.7. The molecule has 0 radical (unpaired) electrons. The number of carbonyl (C=O) groups excluding carboxylic acids is 4. The second-order valence-corrected chi connectivity index (χ2v) is 32.3. The van der Waals surface area contributed by atoms with Crippen molar-refractivity contribution < 1.29 is 252 Å². The zero-order valence-corrected chi connectivity index (χ0v) is 68.4. The first-order valence-electron chi connectivity index (χ1n) is 40.3. The Hall–Kier alpha value is -4.45. The van der Waals surface area contributed by atoms with E-state index in [1.807, 2.05) is 0 Å². The smallest absolute Gasteiger partial charge is 0.364 e. The predicted molar refractivity (Wildman–Crippen MR) is 389 cm³/mol. The fourth-order valence-electron chi connectivity index (χ4n) is 16.6. The average molecular weight is 1840 g/mol. The third kappa shape index (κ3) is 22.3. The summed E-state index contributed by atoms with van der Waals surface area (Å²) in [5, 5.41) is 313. The lowest BCUT2D eigenvalue weighted by Crippen LogP contribution is -2.72. The molecule has 10 rings (SSSR count). The summed E-state index contributed by atoms with van der Waals surface area (Å²) >= 11 is 0. The van der Waals surface area contributed by atoms with Gasteiger partial charge in [-0.3, -0.25) is 19.2 Å². The van der Waals surface area contributed by atoms with Crippen molar-refractivity contribution in [3.63, 3.8) is 0 Å². The van der Waals surface area contributed by atoms with E-state index >= 15 is 0 Å². The molecule has 4 amide bonds. The lowest BCUT2D eigenvalue weighted by Gasteiger charge is -2.53. The minimum atomic E-state index is -3.36. The number of aliphatic hydroxyl groups is 26. The Bertz CT molecular complexity index is 3490. The Morgan fingerprint density at radius 2 is 0.603 bits per heavy atom. The van der Waals surface area contributed by atoms with Crippen molar-refractivity contribution in [3.8, 4) is 0 Å². The van der Waals surface area contributed by atoms with Gasteiger partial charge in [0.05, 0.1) is 76.7 Å². The first-order valence-corrected chi connectivity index (χ1v) is 40.3. The molecule has 0 aromatic rings. The van der Waals surface area contributed by atoms with Crippen molar-refractivity contribution in [2.75, 3.05) is 46.2 Å². The molecular formula is C71H118N4O51. The zero-order valence-electron chi connectivity index (χ0n) is 68.4. The largest absolute Gasteiger partial charge is 0.477 e. The van der Waals surface area contributed by atoms with E-state index in [0.29, 0.717) is 0 Å². The van der Waals surface area contributed by atoms with Gasteiger partial charge in [-0.15, -0.1) is 0 Å². The van der Waals surface area contributed by atoms with Crippen LogP contribution in [-0.2, 0) is 114 Å². The van der Waals surface area contributed by atoms with E-state index in [2.05, 4.69) is 21.3 Å². The van der Waals surface area contributed by atoms with Gasteiger partial charge >= 0.3 is 5.97 Å². The topological polar surface area (TPSA) is 855 Å². The normalized spacial score (nSPS) is 49.0. The molecule has 0 spiro atoms. The monoisotopic (exact) mass is 1840 g/mol. The molecule has 0 aromatic heterocycles. The molecule has 10 fully saturated rings. The SMILES string of the molecule is CC(=O)N[C@H]1[C@H](O[C@H]2[C@@H](O)[C@@H](CO)O[C@@H](O[C@H]3[C@H](O[C@@H]4O[C@@H](C)[C@@H](O)[C@@H](O)[C@@H]4O)[C@@H](NC(C)=O)[C@H](O[C@H]4[C@@H](O)[C@@H](CO)O[C@@H](O[C@H]5[C@H](O[C@@H]6O[C@@H](C)[C@@H](O)[C@@H](O)[C@@H]6O)[C@@H](NC(C)=O)C(O)O[C@@H]5CO)[C@@H]4O)O[C@@H]3CO)[C@@H]2O)O[C@H](CO)[C@@H](O[C@@H]2O[C@H](CO)[C@H](O)[C@H](O[C@]3(C(=O)O)C[C@H](O)[C@@H](NC(C)=O)[C@H]([C@H](O)[C@H](O)CO)O3)[C@H]2O)[C@@H]1O[C@@H]1O[C@@H](C)[C@@H](O)[C@@H](O)[C@@H]1O. The summed E-state index contributed by atoms with van der Waals surface area (Å²) in [7, 11) is 0. The van der Waals surface area contributed by atoms with Crippen molar-refractivity contribution in [2.24, 2.45) is 0 Å². The molecule has 0 aliphatic carbocycles. The maximum absolute atomic E-state index is 13.7. The van der Waals surface area contributed by atoms with E-state index in [4.69, 9.17) is 90.0 Å². The number of hydrogen-bond donors (Lipinski definition) is 31. The third-order valence-corrected chi connectivity index (χ3v) is 23.3. The summed E-state index contributed by atoms with van der Waals surface area (Å²) in [4.78, 5) is 65.9. The highest BCUT2D eigenvalue weighted by molar-refractivity contribution is 5.77. The highest BCUT2D eigenvalue weighted by Gasteiger charge is 2.65. The van der Waals surface area contributed by atoms with E-state index < -0.39 is 395 Å². The van der Waals surface area contributed by atoms with E-state index in [9.17, 15) is 162 Å². The molecule has 31 N–H and O–H groups in total. The number of nitrogens with one attached hydrogen (secondary N) is 4. The van der Waals surface area contributed by atoms with E-state index in [-0.39, 0.29) is 0 Å². The summed E-state index contributed by atoms with van der Waals surface area (Å²) in [5.41, 5.74) is 0. The zero-order chi connectivity index (χ0) is 93.2. The van der Waals surface area contributed by atoms with Crippen molar-refractivity contribution >= 4 is 29.6 Å². The van der Waals surface area contributed by atoms with Crippen LogP contribution >= 0.6 is 0 Å². The standard InChI is InChI=1S/C71H118N4O51/c1-16-35(89)42(96)45(99)64(108-16)120-55-32(73-20(5)84)61(105)111-28(13-80)51(55)117-67-48(102)58(39(93)25(10-77)112-67)123-62-33(74-21(6)85)56(121-65-46(100)43(97)36(90)17(2)109-65)52(29(14-81)115-62)118-68-49(103)59(40(94)26(11-78)113-68)124-63-34(75-22(7)86)57(122-66-47(101)44(98)37(91)18(3)110-66)53(30(15-82)116-63)119-69-50(104)60(41(95)27(12-79)114-69)126-71(70(106)107)8-23(87)31(72-19(4)83)54(125-71)38(92)24(88)9-76/h16-18,23-69,76-82,87-105H,8-15H2,1-7H3,(H,72,83)(H,73,84)(H,74,85)(H,75,86)(H,106,107)/t16-,17-,18-,23-,24+,25+,26+,27+,28+,29+,30+,31+,32+,33+,34+,35+,36+,37+,38+,39-,40-,41-,42+,43+,44+,45-,46-,47-,48+,49+,50+,51+,52+,53+,54+,55+,56+,57+,58-,59-,60-,61?,62-,63-,64-,65-,66-,67-,68-,69-,71-/m0/s1. The second kappa shape index (κ2) is 44.1. The second-order valence-electron chi connectivity index (χ2n) is 32.3. The quantitative estimate of drug-likeness (QED) is 0.0297. The number of amides is 4. The Morgan fingerprint density at radius 1 is 0.325 bits per heavy atom. The molecular weight excluding hydrogens is 1720 g/mol. The van der Waals surface area contributed by atoms with Crippen molar-refractivity contribution in [2.45, 2.75) is 367 Å². The van der Waals surface area contributed by atoms with Crippen LogP contribution in [0.1, 0.15) is 54.9 Å². The van der Waals surface area contributed by atoms with Crippen LogP contribution in [0.25, 0.3) is 0 Å². The number of carbonyl (C=O) groups is 5. The highest BCUT2D eigenvalue weighted by Crippen LogP contribution is 2.44. The molecule has 1 unspecified atom stereocenters. The Labute approximate surface area is 714 Å². The van der Waals surface area contributed by atoms with Gasteiger partial charge in [-0.25, -0.2) is 4.79 Å². The van der Waals surface area contributed by atoms with Crippen LogP contribution < -0.4 is 21.3 Å². The Balaban J connectivity index is 0.984. The summed E-state index contributed by atoms with van der Waals surface area (Å²) in [5.74, 6) is -9.44. The summed E-state index contributed by atoms with van der Waals surface area (Å²) in [6, 6.07) is -7.83. The molecule has 0 bridgehead atoms. The molecule has 10 aliphatic rings. The number of aliphatic carboxylic acids is 1. The van der Waals surface area contributed by atoms with Crippen molar-refractivity contribution in [1.29, 1.82) is 0 Å². The van der Waals surface area contributed by atoms with Crippen molar-refractivity contribution in [3.05, 3.63) is 0 Å². The minimum absolute atomic E-state index is 0.860. The van der Waals surface area contributed by atoms with Gasteiger partial charge in [-0.1, -0.05) is 0 Å². The molecule has 0 saturated carbocycles. The van der Waals surface area contributed by atoms with Gasteiger partial charge in [0.2, 0.25) is 23.6 Å². The van der Waals surface area contributed by atoms with Crippen LogP contribution in [0, 0.1) is 0 Å². The molecule has 55 nitrogen and oxygen atoms in total.